The van der Waals surface area contributed by atoms with Gasteiger partial charge < -0.3 is 5.32 Å². The Balaban J connectivity index is 1.78. The minimum Gasteiger partial charge on any atom is -0.310 e. The minimum absolute atomic E-state index is 0.516. The van der Waals surface area contributed by atoms with Gasteiger partial charge in [0.05, 0.1) is 11.4 Å². The number of hydrogen-bond donors (Lipinski definition) is 1. The number of rotatable bonds is 5. The van der Waals surface area contributed by atoms with Crippen molar-refractivity contribution in [1.82, 2.24) is 15.1 Å². The molecule has 0 spiro atoms. The van der Waals surface area contributed by atoms with Gasteiger partial charge in [-0.05, 0) is 43.0 Å². The average molecular weight is 269 g/mol. The van der Waals surface area contributed by atoms with Crippen molar-refractivity contribution in [2.24, 2.45) is 0 Å². The van der Waals surface area contributed by atoms with Gasteiger partial charge in [0.15, 0.2) is 0 Å². The van der Waals surface area contributed by atoms with E-state index in [-0.39, 0.29) is 0 Å². The summed E-state index contributed by atoms with van der Waals surface area (Å²) in [6.45, 7) is 7.42. The monoisotopic (exact) mass is 269 g/mol. The molecule has 3 rings (SSSR count). The van der Waals surface area contributed by atoms with E-state index in [0.29, 0.717) is 12.0 Å². The van der Waals surface area contributed by atoms with Gasteiger partial charge in [-0.15, -0.1) is 0 Å². The van der Waals surface area contributed by atoms with Crippen molar-refractivity contribution in [2.45, 2.75) is 52.1 Å². The SMILES string of the molecule is Cc1cc(CNC(C)C)ccc1-n1ccc(C2CC2)n1. The molecule has 0 bridgehead atoms. The molecule has 1 N–H and O–H groups in total. The Morgan fingerprint density at radius 1 is 1.30 bits per heavy atom. The van der Waals surface area contributed by atoms with Crippen molar-refractivity contribution in [3.63, 3.8) is 0 Å². The predicted molar refractivity (Wildman–Crippen MR) is 82.3 cm³/mol. The molecule has 0 saturated heterocycles. The Kier molecular flexibility index (Phi) is 3.62. The van der Waals surface area contributed by atoms with Gasteiger partial charge in [0.2, 0.25) is 0 Å². The van der Waals surface area contributed by atoms with E-state index in [4.69, 9.17) is 5.10 Å². The van der Waals surface area contributed by atoms with E-state index in [1.807, 2.05) is 4.68 Å². The summed E-state index contributed by atoms with van der Waals surface area (Å²) in [6, 6.07) is 9.29. The van der Waals surface area contributed by atoms with Gasteiger partial charge >= 0.3 is 0 Å². The fourth-order valence-electron chi connectivity index (χ4n) is 2.48. The van der Waals surface area contributed by atoms with Crippen LogP contribution in [0.25, 0.3) is 5.69 Å². The predicted octanol–water partition coefficient (Wildman–Crippen LogP) is 3.56. The first-order valence-corrected chi connectivity index (χ1v) is 7.52. The molecule has 1 aliphatic rings. The number of nitrogens with one attached hydrogen (secondary N) is 1. The van der Waals surface area contributed by atoms with Crippen LogP contribution in [0.2, 0.25) is 0 Å². The van der Waals surface area contributed by atoms with Gasteiger partial charge in [0.1, 0.15) is 0 Å². The highest BCUT2D eigenvalue weighted by atomic mass is 15.3. The van der Waals surface area contributed by atoms with E-state index in [1.165, 1.54) is 35.3 Å². The lowest BCUT2D eigenvalue weighted by Crippen LogP contribution is -2.21. The van der Waals surface area contributed by atoms with Crippen LogP contribution in [0, 0.1) is 6.92 Å². The second-order valence-corrected chi connectivity index (χ2v) is 6.12. The third-order valence-electron chi connectivity index (χ3n) is 3.83. The van der Waals surface area contributed by atoms with Crippen LogP contribution in [0.3, 0.4) is 0 Å². The van der Waals surface area contributed by atoms with Crippen molar-refractivity contribution >= 4 is 0 Å². The lowest BCUT2D eigenvalue weighted by molar-refractivity contribution is 0.588. The van der Waals surface area contributed by atoms with Gasteiger partial charge in [0, 0.05) is 24.7 Å². The summed E-state index contributed by atoms with van der Waals surface area (Å²) in [7, 11) is 0. The third kappa shape index (κ3) is 2.93. The molecule has 1 fully saturated rings. The molecule has 20 heavy (non-hydrogen) atoms. The zero-order valence-corrected chi connectivity index (χ0v) is 12.6. The second-order valence-electron chi connectivity index (χ2n) is 6.12. The minimum atomic E-state index is 0.516. The number of hydrogen-bond acceptors (Lipinski definition) is 2. The van der Waals surface area contributed by atoms with Gasteiger partial charge in [-0.25, -0.2) is 4.68 Å². The molecule has 1 saturated carbocycles. The second kappa shape index (κ2) is 5.41. The van der Waals surface area contributed by atoms with Crippen molar-refractivity contribution in [2.75, 3.05) is 0 Å². The van der Waals surface area contributed by atoms with Crippen molar-refractivity contribution in [3.05, 3.63) is 47.3 Å². The fourth-order valence-corrected chi connectivity index (χ4v) is 2.48. The van der Waals surface area contributed by atoms with E-state index in [0.717, 1.165) is 6.54 Å². The standard InChI is InChI=1S/C17H23N3/c1-12(2)18-11-14-4-7-17(13(3)10-14)20-9-8-16(19-20)15-5-6-15/h4,7-10,12,15,18H,5-6,11H2,1-3H3. The van der Waals surface area contributed by atoms with Crippen LogP contribution in [0.1, 0.15) is 49.4 Å². The molecule has 3 nitrogen and oxygen atoms in total. The Labute approximate surface area is 121 Å². The van der Waals surface area contributed by atoms with Gasteiger partial charge in [-0.2, -0.15) is 5.10 Å². The summed E-state index contributed by atoms with van der Waals surface area (Å²) in [5.41, 5.74) is 5.04. The first-order chi connectivity index (χ1) is 9.63. The van der Waals surface area contributed by atoms with Crippen LogP contribution in [0.5, 0.6) is 0 Å². The van der Waals surface area contributed by atoms with E-state index in [2.05, 4.69) is 56.6 Å². The molecule has 1 aromatic carbocycles. The average Bonchev–Trinajstić information content (AvgIpc) is 3.15. The molecule has 1 aliphatic carbocycles. The summed E-state index contributed by atoms with van der Waals surface area (Å²) in [5, 5.41) is 8.16. The maximum Gasteiger partial charge on any atom is 0.0675 e. The summed E-state index contributed by atoms with van der Waals surface area (Å²) in [5.74, 6) is 0.714. The summed E-state index contributed by atoms with van der Waals surface area (Å²) in [4.78, 5) is 0. The highest BCUT2D eigenvalue weighted by Crippen LogP contribution is 2.39. The van der Waals surface area contributed by atoms with Crippen LogP contribution in [0.15, 0.2) is 30.5 Å². The first-order valence-electron chi connectivity index (χ1n) is 7.52. The smallest absolute Gasteiger partial charge is 0.0675 e. The molecule has 0 unspecified atom stereocenters. The van der Waals surface area contributed by atoms with Gasteiger partial charge in [-0.1, -0.05) is 26.0 Å². The van der Waals surface area contributed by atoms with Gasteiger partial charge in [0.25, 0.3) is 0 Å². The van der Waals surface area contributed by atoms with E-state index in [9.17, 15) is 0 Å². The molecule has 0 amide bonds. The Morgan fingerprint density at radius 2 is 2.10 bits per heavy atom. The number of aryl methyl sites for hydroxylation is 1. The summed E-state index contributed by atoms with van der Waals surface area (Å²) in [6.07, 6.45) is 4.69. The molecular weight excluding hydrogens is 246 g/mol. The maximum absolute atomic E-state index is 4.71. The number of benzene rings is 1. The van der Waals surface area contributed by atoms with Gasteiger partial charge in [-0.3, -0.25) is 0 Å². The van der Waals surface area contributed by atoms with Crippen LogP contribution in [-0.4, -0.2) is 15.8 Å². The molecule has 1 aromatic heterocycles. The zero-order valence-electron chi connectivity index (χ0n) is 12.6. The third-order valence-corrected chi connectivity index (χ3v) is 3.83. The fraction of sp³-hybridized carbons (Fsp3) is 0.471. The van der Waals surface area contributed by atoms with Crippen molar-refractivity contribution in [3.8, 4) is 5.69 Å². The van der Waals surface area contributed by atoms with Crippen LogP contribution in [-0.2, 0) is 6.54 Å². The summed E-state index contributed by atoms with van der Waals surface area (Å²) < 4.78 is 2.02. The zero-order chi connectivity index (χ0) is 14.1. The lowest BCUT2D eigenvalue weighted by atomic mass is 10.1. The molecule has 0 radical (unpaired) electrons. The quantitative estimate of drug-likeness (QED) is 0.899. The van der Waals surface area contributed by atoms with Crippen LogP contribution < -0.4 is 5.32 Å². The molecule has 3 heteroatoms. The lowest BCUT2D eigenvalue weighted by Gasteiger charge is -2.11. The van der Waals surface area contributed by atoms with Crippen LogP contribution in [0.4, 0.5) is 0 Å². The summed E-state index contributed by atoms with van der Waals surface area (Å²) >= 11 is 0. The largest absolute Gasteiger partial charge is 0.310 e. The molecule has 0 atom stereocenters. The van der Waals surface area contributed by atoms with Crippen LogP contribution >= 0.6 is 0 Å². The normalized spacial score (nSPS) is 15.0. The Bertz CT molecular complexity index is 594. The van der Waals surface area contributed by atoms with Crippen molar-refractivity contribution < 1.29 is 0 Å². The maximum atomic E-state index is 4.71. The Hall–Kier alpha value is -1.61. The number of nitrogens with zero attached hydrogens (tertiary/aromatic N) is 2. The highest BCUT2D eigenvalue weighted by Gasteiger charge is 2.25. The highest BCUT2D eigenvalue weighted by molar-refractivity contribution is 5.42. The number of aromatic nitrogens is 2. The van der Waals surface area contributed by atoms with Crippen molar-refractivity contribution in [1.29, 1.82) is 0 Å². The topological polar surface area (TPSA) is 29.9 Å². The molecule has 1 heterocycles. The molecular formula is C17H23N3. The first kappa shape index (κ1) is 13.4. The Morgan fingerprint density at radius 3 is 2.75 bits per heavy atom. The molecule has 106 valence electrons. The van der Waals surface area contributed by atoms with E-state index in [1.54, 1.807) is 0 Å². The van der Waals surface area contributed by atoms with E-state index >= 15 is 0 Å². The molecule has 0 aliphatic heterocycles. The molecule has 2 aromatic rings. The van der Waals surface area contributed by atoms with E-state index < -0.39 is 0 Å².